The fourth-order valence-electron chi connectivity index (χ4n) is 2.47. The van der Waals surface area contributed by atoms with Gasteiger partial charge in [-0.05, 0) is 30.3 Å². The van der Waals surface area contributed by atoms with E-state index in [9.17, 15) is 0 Å². The van der Waals surface area contributed by atoms with Crippen LogP contribution >= 0.6 is 11.6 Å². The first-order chi connectivity index (χ1) is 10.2. The largest absolute Gasteiger partial charge is 0.382 e. The molecule has 0 unspecified atom stereocenters. The van der Waals surface area contributed by atoms with Crippen LogP contribution in [0.1, 0.15) is 0 Å². The van der Waals surface area contributed by atoms with Gasteiger partial charge in [0.25, 0.3) is 0 Å². The van der Waals surface area contributed by atoms with Gasteiger partial charge in [-0.25, -0.2) is 9.67 Å². The first-order valence-electron chi connectivity index (χ1n) is 6.52. The minimum atomic E-state index is 0.441. The van der Waals surface area contributed by atoms with Gasteiger partial charge < -0.3 is 5.73 Å². The molecule has 5 heteroatoms. The summed E-state index contributed by atoms with van der Waals surface area (Å²) in [7, 11) is 0. The van der Waals surface area contributed by atoms with Crippen molar-refractivity contribution in [2.24, 2.45) is 0 Å². The third-order valence-electron chi connectivity index (χ3n) is 3.48. The third kappa shape index (κ3) is 1.92. The molecule has 2 heterocycles. The summed E-state index contributed by atoms with van der Waals surface area (Å²) in [6, 6.07) is 15.4. The molecule has 102 valence electrons. The number of rotatable bonds is 1. The summed E-state index contributed by atoms with van der Waals surface area (Å²) in [6.07, 6.45) is 1.97. The van der Waals surface area contributed by atoms with Gasteiger partial charge in [-0.3, -0.25) is 0 Å². The maximum Gasteiger partial charge on any atom is 0.152 e. The summed E-state index contributed by atoms with van der Waals surface area (Å²) in [6.45, 7) is 0. The predicted molar refractivity (Wildman–Crippen MR) is 85.8 cm³/mol. The Kier molecular flexibility index (Phi) is 2.59. The molecule has 0 bridgehead atoms. The number of hydrogen-bond donors (Lipinski definition) is 1. The number of anilines is 1. The number of halogens is 1. The number of aromatic nitrogens is 3. The summed E-state index contributed by atoms with van der Waals surface area (Å²) in [5.74, 6) is 0.441. The molecule has 4 aromatic rings. The molecule has 4 rings (SSSR count). The highest BCUT2D eigenvalue weighted by molar-refractivity contribution is 6.30. The summed E-state index contributed by atoms with van der Waals surface area (Å²) in [5.41, 5.74) is 8.54. The van der Waals surface area contributed by atoms with E-state index in [-0.39, 0.29) is 0 Å². The number of pyridine rings is 1. The van der Waals surface area contributed by atoms with Crippen molar-refractivity contribution in [3.8, 4) is 5.69 Å². The van der Waals surface area contributed by atoms with E-state index in [1.807, 2.05) is 54.7 Å². The smallest absolute Gasteiger partial charge is 0.152 e. The molecule has 0 aliphatic carbocycles. The van der Waals surface area contributed by atoms with Gasteiger partial charge in [0.1, 0.15) is 5.52 Å². The number of nitrogens with zero attached hydrogens (tertiary/aromatic N) is 3. The van der Waals surface area contributed by atoms with E-state index >= 15 is 0 Å². The predicted octanol–water partition coefficient (Wildman–Crippen LogP) is 3.81. The Morgan fingerprint density at radius 1 is 0.952 bits per heavy atom. The molecule has 2 aromatic carbocycles. The Labute approximate surface area is 125 Å². The summed E-state index contributed by atoms with van der Waals surface area (Å²) in [4.78, 5) is 4.41. The molecule has 0 spiro atoms. The number of benzene rings is 2. The molecular weight excluding hydrogens is 284 g/mol. The van der Waals surface area contributed by atoms with Crippen LogP contribution in [0.25, 0.3) is 27.5 Å². The number of nitrogen functional groups attached to an aromatic ring is 1. The highest BCUT2D eigenvalue weighted by Crippen LogP contribution is 2.27. The first kappa shape index (κ1) is 12.2. The van der Waals surface area contributed by atoms with Gasteiger partial charge in [-0.15, -0.1) is 0 Å². The second-order valence-corrected chi connectivity index (χ2v) is 5.26. The second kappa shape index (κ2) is 4.46. The van der Waals surface area contributed by atoms with E-state index in [2.05, 4.69) is 10.1 Å². The van der Waals surface area contributed by atoms with Crippen LogP contribution in [0.4, 0.5) is 5.82 Å². The van der Waals surface area contributed by atoms with E-state index in [0.717, 1.165) is 22.0 Å². The monoisotopic (exact) mass is 294 g/mol. The third-order valence-corrected chi connectivity index (χ3v) is 3.74. The minimum Gasteiger partial charge on any atom is -0.382 e. The van der Waals surface area contributed by atoms with Gasteiger partial charge in [-0.1, -0.05) is 29.8 Å². The van der Waals surface area contributed by atoms with Crippen molar-refractivity contribution in [2.45, 2.75) is 0 Å². The molecule has 21 heavy (non-hydrogen) atoms. The molecule has 0 amide bonds. The SMILES string of the molecule is Nc1nc2ccccc2c2cn(-c3ccc(Cl)cc3)nc12. The molecule has 0 aliphatic rings. The maximum atomic E-state index is 6.03. The van der Waals surface area contributed by atoms with E-state index < -0.39 is 0 Å². The van der Waals surface area contributed by atoms with Crippen LogP contribution in [0, 0.1) is 0 Å². The van der Waals surface area contributed by atoms with Crippen molar-refractivity contribution < 1.29 is 0 Å². The minimum absolute atomic E-state index is 0.441. The fourth-order valence-corrected chi connectivity index (χ4v) is 2.59. The van der Waals surface area contributed by atoms with Gasteiger partial charge in [0.15, 0.2) is 5.82 Å². The van der Waals surface area contributed by atoms with Crippen LogP contribution in [0.15, 0.2) is 54.7 Å². The molecule has 0 saturated heterocycles. The first-order valence-corrected chi connectivity index (χ1v) is 6.90. The molecular formula is C16H11ClN4. The lowest BCUT2D eigenvalue weighted by atomic mass is 10.1. The molecule has 0 radical (unpaired) electrons. The number of para-hydroxylation sites is 1. The zero-order valence-corrected chi connectivity index (χ0v) is 11.7. The lowest BCUT2D eigenvalue weighted by Crippen LogP contribution is -1.95. The normalized spacial score (nSPS) is 11.3. The summed E-state index contributed by atoms with van der Waals surface area (Å²) < 4.78 is 1.80. The quantitative estimate of drug-likeness (QED) is 0.581. The van der Waals surface area contributed by atoms with Crippen molar-refractivity contribution in [3.05, 3.63) is 59.8 Å². The molecule has 2 N–H and O–H groups in total. The highest BCUT2D eigenvalue weighted by atomic mass is 35.5. The van der Waals surface area contributed by atoms with Crippen LogP contribution in [-0.2, 0) is 0 Å². The van der Waals surface area contributed by atoms with Crippen molar-refractivity contribution in [1.29, 1.82) is 0 Å². The fraction of sp³-hybridized carbons (Fsp3) is 0. The van der Waals surface area contributed by atoms with Gasteiger partial charge >= 0.3 is 0 Å². The Balaban J connectivity index is 2.03. The zero-order chi connectivity index (χ0) is 14.4. The molecule has 2 aromatic heterocycles. The number of nitrogens with two attached hydrogens (primary N) is 1. The van der Waals surface area contributed by atoms with Crippen molar-refractivity contribution >= 4 is 39.2 Å². The average molecular weight is 295 g/mol. The molecule has 0 saturated carbocycles. The van der Waals surface area contributed by atoms with E-state index in [0.29, 0.717) is 16.4 Å². The van der Waals surface area contributed by atoms with Crippen molar-refractivity contribution in [2.75, 3.05) is 5.73 Å². The van der Waals surface area contributed by atoms with E-state index in [1.54, 1.807) is 4.68 Å². The number of fused-ring (bicyclic) bond motifs is 3. The lowest BCUT2D eigenvalue weighted by Gasteiger charge is -1.99. The lowest BCUT2D eigenvalue weighted by molar-refractivity contribution is 0.896. The van der Waals surface area contributed by atoms with E-state index in [1.165, 1.54) is 0 Å². The number of hydrogen-bond acceptors (Lipinski definition) is 3. The topological polar surface area (TPSA) is 56.7 Å². The molecule has 0 atom stereocenters. The summed E-state index contributed by atoms with van der Waals surface area (Å²) >= 11 is 5.92. The average Bonchev–Trinajstić information content (AvgIpc) is 2.94. The molecule has 4 nitrogen and oxygen atoms in total. The van der Waals surface area contributed by atoms with Crippen molar-refractivity contribution in [3.63, 3.8) is 0 Å². The molecule has 0 fully saturated rings. The zero-order valence-electron chi connectivity index (χ0n) is 11.0. The van der Waals surface area contributed by atoms with Crippen LogP contribution in [-0.4, -0.2) is 14.8 Å². The van der Waals surface area contributed by atoms with Gasteiger partial charge in [-0.2, -0.15) is 5.10 Å². The Hall–Kier alpha value is -2.59. The summed E-state index contributed by atoms with van der Waals surface area (Å²) in [5, 5.41) is 7.28. The second-order valence-electron chi connectivity index (χ2n) is 4.83. The van der Waals surface area contributed by atoms with Gasteiger partial charge in [0.05, 0.1) is 11.2 Å². The van der Waals surface area contributed by atoms with Crippen LogP contribution in [0.3, 0.4) is 0 Å². The Morgan fingerprint density at radius 3 is 2.52 bits per heavy atom. The van der Waals surface area contributed by atoms with Crippen molar-refractivity contribution in [1.82, 2.24) is 14.8 Å². The van der Waals surface area contributed by atoms with Gasteiger partial charge in [0, 0.05) is 22.0 Å². The Morgan fingerprint density at radius 2 is 1.71 bits per heavy atom. The Bertz CT molecular complexity index is 957. The van der Waals surface area contributed by atoms with Crippen LogP contribution in [0.2, 0.25) is 5.02 Å². The molecule has 0 aliphatic heterocycles. The van der Waals surface area contributed by atoms with Crippen LogP contribution in [0.5, 0.6) is 0 Å². The highest BCUT2D eigenvalue weighted by Gasteiger charge is 2.11. The van der Waals surface area contributed by atoms with Gasteiger partial charge in [0.2, 0.25) is 0 Å². The maximum absolute atomic E-state index is 6.03. The van der Waals surface area contributed by atoms with Crippen LogP contribution < -0.4 is 5.73 Å². The van der Waals surface area contributed by atoms with E-state index in [4.69, 9.17) is 17.3 Å². The standard InChI is InChI=1S/C16H11ClN4/c17-10-5-7-11(8-6-10)21-9-13-12-3-1-2-4-14(12)19-16(18)15(13)20-21/h1-9H,(H2,18,19).